The second kappa shape index (κ2) is 2.88. The van der Waals surface area contributed by atoms with Gasteiger partial charge in [0.05, 0.1) is 11.3 Å². The van der Waals surface area contributed by atoms with E-state index in [0.29, 0.717) is 11.2 Å². The van der Waals surface area contributed by atoms with Gasteiger partial charge in [0.2, 0.25) is 0 Å². The van der Waals surface area contributed by atoms with Gasteiger partial charge >= 0.3 is 0 Å². The van der Waals surface area contributed by atoms with Gasteiger partial charge in [-0.2, -0.15) is 4.98 Å². The van der Waals surface area contributed by atoms with Crippen LogP contribution in [0.5, 0.6) is 0 Å². The van der Waals surface area contributed by atoms with E-state index < -0.39 is 0 Å². The number of H-pyrrole nitrogens is 1. The summed E-state index contributed by atoms with van der Waals surface area (Å²) >= 11 is 0. The summed E-state index contributed by atoms with van der Waals surface area (Å²) < 4.78 is 0. The lowest BCUT2D eigenvalue weighted by molar-refractivity contribution is 1.20. The van der Waals surface area contributed by atoms with Gasteiger partial charge in [-0.25, -0.2) is 4.98 Å². The SMILES string of the molecule is O=c1nc2ncccc2c2[nH]cccc1-2. The molecule has 72 valence electrons. The number of hydrogen-bond acceptors (Lipinski definition) is 3. The number of pyridine rings is 3. The van der Waals surface area contributed by atoms with Gasteiger partial charge in [-0.15, -0.1) is 0 Å². The van der Waals surface area contributed by atoms with Crippen molar-refractivity contribution in [2.75, 3.05) is 0 Å². The van der Waals surface area contributed by atoms with Crippen molar-refractivity contribution < 1.29 is 0 Å². The van der Waals surface area contributed by atoms with Crippen molar-refractivity contribution in [1.82, 2.24) is 15.0 Å². The van der Waals surface area contributed by atoms with Gasteiger partial charge < -0.3 is 4.98 Å². The Bertz CT molecular complexity index is 659. The van der Waals surface area contributed by atoms with E-state index in [1.165, 1.54) is 0 Å². The van der Waals surface area contributed by atoms with E-state index in [2.05, 4.69) is 15.0 Å². The number of rotatable bonds is 0. The first kappa shape index (κ1) is 8.11. The quantitative estimate of drug-likeness (QED) is 0.554. The normalized spacial score (nSPS) is 10.9. The third-order valence-corrected chi connectivity index (χ3v) is 2.35. The molecule has 3 rings (SSSR count). The summed E-state index contributed by atoms with van der Waals surface area (Å²) in [6, 6.07) is 7.27. The van der Waals surface area contributed by atoms with Gasteiger partial charge in [-0.1, -0.05) is 0 Å². The smallest absolute Gasteiger partial charge is 0.281 e. The molecule has 1 aromatic heterocycles. The summed E-state index contributed by atoms with van der Waals surface area (Å²) in [6.45, 7) is 0. The van der Waals surface area contributed by atoms with Crippen molar-refractivity contribution >= 4 is 11.0 Å². The zero-order chi connectivity index (χ0) is 10.3. The Labute approximate surface area is 85.0 Å². The molecule has 0 unspecified atom stereocenters. The van der Waals surface area contributed by atoms with Crippen LogP contribution in [0.4, 0.5) is 0 Å². The zero-order valence-corrected chi connectivity index (χ0v) is 7.77. The molecule has 0 aromatic carbocycles. The van der Waals surface area contributed by atoms with E-state index in [1.807, 2.05) is 12.1 Å². The minimum atomic E-state index is -0.243. The molecule has 1 N–H and O–H groups in total. The van der Waals surface area contributed by atoms with Crippen LogP contribution >= 0.6 is 0 Å². The third kappa shape index (κ3) is 1.11. The molecule has 0 atom stereocenters. The van der Waals surface area contributed by atoms with Crippen molar-refractivity contribution in [3.8, 4) is 11.3 Å². The topological polar surface area (TPSA) is 58.6 Å². The molecule has 0 radical (unpaired) electrons. The molecule has 0 saturated carbocycles. The fourth-order valence-corrected chi connectivity index (χ4v) is 1.68. The monoisotopic (exact) mass is 197 g/mol. The van der Waals surface area contributed by atoms with Gasteiger partial charge in [0.25, 0.3) is 5.56 Å². The van der Waals surface area contributed by atoms with Gasteiger partial charge in [0.15, 0.2) is 5.65 Å². The Balaban J connectivity index is 2.63. The lowest BCUT2D eigenvalue weighted by Gasteiger charge is -2.05. The lowest BCUT2D eigenvalue weighted by atomic mass is 10.1. The number of nitrogens with one attached hydrogen (secondary N) is 1. The average Bonchev–Trinajstić information content (AvgIpc) is 2.30. The highest BCUT2D eigenvalue weighted by Crippen LogP contribution is 2.21. The predicted molar refractivity (Wildman–Crippen MR) is 56.8 cm³/mol. The number of nitrogens with zero attached hydrogens (tertiary/aromatic N) is 2. The maximum absolute atomic E-state index is 11.6. The minimum absolute atomic E-state index is 0.243. The van der Waals surface area contributed by atoms with Crippen LogP contribution in [0.1, 0.15) is 0 Å². The van der Waals surface area contributed by atoms with Crippen LogP contribution in [-0.2, 0) is 0 Å². The molecule has 1 aromatic rings. The number of hydrogen-bond donors (Lipinski definition) is 1. The largest absolute Gasteiger partial charge is 0.360 e. The molecule has 2 aliphatic heterocycles. The molecule has 2 aliphatic rings. The Hall–Kier alpha value is -2.23. The third-order valence-electron chi connectivity index (χ3n) is 2.35. The first-order valence-electron chi connectivity index (χ1n) is 4.58. The molecule has 3 heterocycles. The minimum Gasteiger partial charge on any atom is -0.360 e. The molecule has 0 amide bonds. The first-order valence-corrected chi connectivity index (χ1v) is 4.58. The summed E-state index contributed by atoms with van der Waals surface area (Å²) in [5, 5.41) is 0.868. The fraction of sp³-hybridized carbons (Fsp3) is 0. The highest BCUT2D eigenvalue weighted by atomic mass is 16.1. The average molecular weight is 197 g/mol. The van der Waals surface area contributed by atoms with Crippen LogP contribution in [0.15, 0.2) is 41.5 Å². The number of fused-ring (bicyclic) bond motifs is 3. The molecule has 0 bridgehead atoms. The highest BCUT2D eigenvalue weighted by Gasteiger charge is 2.11. The van der Waals surface area contributed by atoms with Crippen LogP contribution in [0.2, 0.25) is 0 Å². The van der Waals surface area contributed by atoms with E-state index in [0.717, 1.165) is 11.1 Å². The standard InChI is InChI=1S/C11H7N3O/c15-11-8-4-2-5-12-9(8)7-3-1-6-13-10(7)14-11/h1-6,12H. The molecule has 4 nitrogen and oxygen atoms in total. The Morgan fingerprint density at radius 1 is 1.20 bits per heavy atom. The van der Waals surface area contributed by atoms with Crippen LogP contribution in [0.3, 0.4) is 0 Å². The van der Waals surface area contributed by atoms with E-state index in [1.54, 1.807) is 24.5 Å². The fourth-order valence-electron chi connectivity index (χ4n) is 1.68. The highest BCUT2D eigenvalue weighted by molar-refractivity contribution is 5.90. The van der Waals surface area contributed by atoms with Crippen molar-refractivity contribution in [2.24, 2.45) is 0 Å². The molecule has 0 saturated heterocycles. The molecule has 0 aliphatic carbocycles. The van der Waals surface area contributed by atoms with Gasteiger partial charge in [-0.05, 0) is 24.3 Å². The molecular formula is C11H7N3O. The van der Waals surface area contributed by atoms with Crippen molar-refractivity contribution in [1.29, 1.82) is 0 Å². The molecule has 0 fully saturated rings. The molecule has 15 heavy (non-hydrogen) atoms. The van der Waals surface area contributed by atoms with Crippen LogP contribution in [0, 0.1) is 0 Å². The second-order valence-electron chi connectivity index (χ2n) is 3.25. The van der Waals surface area contributed by atoms with Crippen molar-refractivity contribution in [3.05, 3.63) is 47.0 Å². The van der Waals surface area contributed by atoms with Crippen LogP contribution < -0.4 is 5.56 Å². The maximum Gasteiger partial charge on any atom is 0.281 e. The summed E-state index contributed by atoms with van der Waals surface area (Å²) in [6.07, 6.45) is 3.41. The number of aromatic amines is 1. The van der Waals surface area contributed by atoms with Crippen molar-refractivity contribution in [3.63, 3.8) is 0 Å². The Morgan fingerprint density at radius 3 is 3.07 bits per heavy atom. The predicted octanol–water partition coefficient (Wildman–Crippen LogP) is 1.42. The number of aromatic nitrogens is 3. The van der Waals surface area contributed by atoms with E-state index >= 15 is 0 Å². The summed E-state index contributed by atoms with van der Waals surface area (Å²) in [7, 11) is 0. The first-order chi connectivity index (χ1) is 7.36. The summed E-state index contributed by atoms with van der Waals surface area (Å²) in [4.78, 5) is 22.7. The van der Waals surface area contributed by atoms with Crippen LogP contribution in [-0.4, -0.2) is 15.0 Å². The summed E-state index contributed by atoms with van der Waals surface area (Å²) in [5.74, 6) is 0. The second-order valence-corrected chi connectivity index (χ2v) is 3.25. The maximum atomic E-state index is 11.6. The van der Waals surface area contributed by atoms with E-state index in [-0.39, 0.29) is 5.56 Å². The van der Waals surface area contributed by atoms with Crippen LogP contribution in [0.25, 0.3) is 22.3 Å². The van der Waals surface area contributed by atoms with E-state index in [9.17, 15) is 4.79 Å². The lowest BCUT2D eigenvalue weighted by Crippen LogP contribution is -2.11. The summed E-state index contributed by atoms with van der Waals surface area (Å²) in [5.41, 5.74) is 1.63. The Kier molecular flexibility index (Phi) is 1.56. The molecule has 4 heteroatoms. The van der Waals surface area contributed by atoms with Crippen molar-refractivity contribution in [2.45, 2.75) is 0 Å². The zero-order valence-electron chi connectivity index (χ0n) is 7.77. The molecule has 0 spiro atoms. The van der Waals surface area contributed by atoms with Gasteiger partial charge in [-0.3, -0.25) is 4.79 Å². The van der Waals surface area contributed by atoms with Gasteiger partial charge in [0, 0.05) is 17.8 Å². The Morgan fingerprint density at radius 2 is 2.13 bits per heavy atom. The van der Waals surface area contributed by atoms with Gasteiger partial charge in [0.1, 0.15) is 0 Å². The van der Waals surface area contributed by atoms with E-state index in [4.69, 9.17) is 0 Å². The molecular weight excluding hydrogens is 190 g/mol.